The summed E-state index contributed by atoms with van der Waals surface area (Å²) in [6.45, 7) is 2.60. The van der Waals surface area contributed by atoms with Gasteiger partial charge in [-0.3, -0.25) is 9.78 Å². The van der Waals surface area contributed by atoms with Crippen molar-refractivity contribution in [3.05, 3.63) is 30.1 Å². The maximum atomic E-state index is 12.2. The summed E-state index contributed by atoms with van der Waals surface area (Å²) in [6.07, 6.45) is 6.68. The Morgan fingerprint density at radius 3 is 3.11 bits per heavy atom. The average Bonchev–Trinajstić information content (AvgIpc) is 2.88. The third-order valence-electron chi connectivity index (χ3n) is 3.84. The molecule has 4 heteroatoms. The lowest BCUT2D eigenvalue weighted by Crippen LogP contribution is -2.36. The number of aromatic nitrogens is 1. The predicted molar refractivity (Wildman–Crippen MR) is 70.7 cm³/mol. The van der Waals surface area contributed by atoms with Gasteiger partial charge in [0, 0.05) is 18.3 Å². The van der Waals surface area contributed by atoms with Crippen molar-refractivity contribution in [2.75, 3.05) is 6.54 Å². The lowest BCUT2D eigenvalue weighted by molar-refractivity contribution is -0.126. The quantitative estimate of drug-likeness (QED) is 0.849. The summed E-state index contributed by atoms with van der Waals surface area (Å²) in [5.41, 5.74) is 6.75. The molecule has 0 unspecified atom stereocenters. The summed E-state index contributed by atoms with van der Waals surface area (Å²) in [7, 11) is 0. The highest BCUT2D eigenvalue weighted by Gasteiger charge is 2.32. The number of hydrogen-bond donors (Lipinski definition) is 2. The Morgan fingerprint density at radius 2 is 2.44 bits per heavy atom. The summed E-state index contributed by atoms with van der Waals surface area (Å²) in [6, 6.07) is 3.87. The van der Waals surface area contributed by atoms with Crippen molar-refractivity contribution >= 4 is 5.91 Å². The van der Waals surface area contributed by atoms with Gasteiger partial charge in [0.25, 0.3) is 0 Å². The molecule has 1 heterocycles. The third-order valence-corrected chi connectivity index (χ3v) is 3.84. The molecule has 0 radical (unpaired) electrons. The smallest absolute Gasteiger partial charge is 0.223 e. The number of carbonyl (C=O) groups excluding carboxylic acids is 1. The Morgan fingerprint density at radius 1 is 1.61 bits per heavy atom. The van der Waals surface area contributed by atoms with E-state index < -0.39 is 0 Å². The number of nitrogens with one attached hydrogen (secondary N) is 1. The van der Waals surface area contributed by atoms with Crippen LogP contribution < -0.4 is 11.1 Å². The fraction of sp³-hybridized carbons (Fsp3) is 0.571. The molecule has 4 nitrogen and oxygen atoms in total. The van der Waals surface area contributed by atoms with Crippen LogP contribution in [0.1, 0.15) is 37.8 Å². The first-order valence-corrected chi connectivity index (χ1v) is 6.62. The zero-order valence-electron chi connectivity index (χ0n) is 10.8. The minimum Gasteiger partial charge on any atom is -0.349 e. The van der Waals surface area contributed by atoms with Crippen LogP contribution in [0.4, 0.5) is 0 Å². The molecular weight excluding hydrogens is 226 g/mol. The topological polar surface area (TPSA) is 68.0 Å². The van der Waals surface area contributed by atoms with Crippen molar-refractivity contribution in [2.45, 2.75) is 32.2 Å². The van der Waals surface area contributed by atoms with Gasteiger partial charge in [-0.05, 0) is 43.9 Å². The van der Waals surface area contributed by atoms with Gasteiger partial charge in [0.15, 0.2) is 0 Å². The van der Waals surface area contributed by atoms with E-state index in [0.29, 0.717) is 12.5 Å². The Kier molecular flexibility index (Phi) is 4.31. The zero-order chi connectivity index (χ0) is 13.0. The average molecular weight is 247 g/mol. The van der Waals surface area contributed by atoms with Crippen LogP contribution >= 0.6 is 0 Å². The van der Waals surface area contributed by atoms with Crippen LogP contribution in [0.25, 0.3) is 0 Å². The lowest BCUT2D eigenvalue weighted by atomic mass is 9.95. The first kappa shape index (κ1) is 13.0. The highest BCUT2D eigenvalue weighted by atomic mass is 16.2. The molecule has 1 fully saturated rings. The van der Waals surface area contributed by atoms with Crippen molar-refractivity contribution in [2.24, 2.45) is 17.6 Å². The second-order valence-electron chi connectivity index (χ2n) is 5.05. The van der Waals surface area contributed by atoms with Gasteiger partial charge in [0.1, 0.15) is 0 Å². The van der Waals surface area contributed by atoms with Gasteiger partial charge in [-0.1, -0.05) is 12.5 Å². The fourth-order valence-corrected chi connectivity index (χ4v) is 2.70. The Balaban J connectivity index is 1.95. The maximum Gasteiger partial charge on any atom is 0.223 e. The molecule has 1 amide bonds. The van der Waals surface area contributed by atoms with Crippen molar-refractivity contribution in [1.82, 2.24) is 10.3 Å². The van der Waals surface area contributed by atoms with E-state index in [1.54, 1.807) is 12.4 Å². The van der Waals surface area contributed by atoms with E-state index in [1.807, 2.05) is 19.1 Å². The molecule has 0 aliphatic heterocycles. The normalized spacial score (nSPS) is 24.8. The first-order chi connectivity index (χ1) is 8.72. The molecular formula is C14H21N3O. The molecule has 1 aliphatic carbocycles. The summed E-state index contributed by atoms with van der Waals surface area (Å²) < 4.78 is 0. The first-order valence-electron chi connectivity index (χ1n) is 6.62. The molecule has 3 atom stereocenters. The number of hydrogen-bond acceptors (Lipinski definition) is 3. The highest BCUT2D eigenvalue weighted by molar-refractivity contribution is 5.79. The summed E-state index contributed by atoms with van der Waals surface area (Å²) in [4.78, 5) is 16.3. The van der Waals surface area contributed by atoms with Gasteiger partial charge >= 0.3 is 0 Å². The van der Waals surface area contributed by atoms with E-state index >= 15 is 0 Å². The molecule has 0 bridgehead atoms. The van der Waals surface area contributed by atoms with E-state index in [0.717, 1.165) is 24.8 Å². The maximum absolute atomic E-state index is 12.2. The second kappa shape index (κ2) is 5.96. The molecule has 2 rings (SSSR count). The Labute approximate surface area is 108 Å². The number of nitrogens with two attached hydrogens (primary N) is 1. The van der Waals surface area contributed by atoms with Crippen molar-refractivity contribution in [3.8, 4) is 0 Å². The van der Waals surface area contributed by atoms with Gasteiger partial charge in [-0.15, -0.1) is 0 Å². The van der Waals surface area contributed by atoms with Crippen LogP contribution in [-0.4, -0.2) is 17.4 Å². The zero-order valence-corrected chi connectivity index (χ0v) is 10.8. The van der Waals surface area contributed by atoms with E-state index in [4.69, 9.17) is 5.73 Å². The number of amides is 1. The molecule has 0 saturated heterocycles. The van der Waals surface area contributed by atoms with Crippen LogP contribution in [0.15, 0.2) is 24.5 Å². The van der Waals surface area contributed by atoms with Crippen LogP contribution in [0.3, 0.4) is 0 Å². The molecule has 1 aromatic rings. The van der Waals surface area contributed by atoms with E-state index in [9.17, 15) is 4.79 Å². The molecule has 1 saturated carbocycles. The minimum absolute atomic E-state index is 0.00484. The fourth-order valence-electron chi connectivity index (χ4n) is 2.70. The summed E-state index contributed by atoms with van der Waals surface area (Å²) in [5, 5.41) is 3.07. The highest BCUT2D eigenvalue weighted by Crippen LogP contribution is 2.31. The SMILES string of the molecule is C[C@H](NC(=O)[C@@H]1CCC[C@@H]1CN)c1cccnc1. The van der Waals surface area contributed by atoms with Crippen LogP contribution in [0.5, 0.6) is 0 Å². The third kappa shape index (κ3) is 2.88. The number of rotatable bonds is 4. The molecule has 1 aromatic heterocycles. The van der Waals surface area contributed by atoms with Gasteiger partial charge < -0.3 is 11.1 Å². The second-order valence-corrected chi connectivity index (χ2v) is 5.05. The number of nitrogens with zero attached hydrogens (tertiary/aromatic N) is 1. The molecule has 18 heavy (non-hydrogen) atoms. The summed E-state index contributed by atoms with van der Waals surface area (Å²) >= 11 is 0. The van der Waals surface area contributed by atoms with Gasteiger partial charge in [0.2, 0.25) is 5.91 Å². The van der Waals surface area contributed by atoms with E-state index in [-0.39, 0.29) is 17.9 Å². The number of carbonyl (C=O) groups is 1. The molecule has 3 N–H and O–H groups in total. The van der Waals surface area contributed by atoms with Crippen LogP contribution in [0, 0.1) is 11.8 Å². The van der Waals surface area contributed by atoms with Crippen molar-refractivity contribution < 1.29 is 4.79 Å². The molecule has 1 aliphatic rings. The van der Waals surface area contributed by atoms with Crippen LogP contribution in [0.2, 0.25) is 0 Å². The minimum atomic E-state index is 0.00484. The van der Waals surface area contributed by atoms with Crippen molar-refractivity contribution in [3.63, 3.8) is 0 Å². The standard InChI is InChI=1S/C14H21N3O/c1-10(12-5-3-7-16-9-12)17-14(18)13-6-2-4-11(13)8-15/h3,5,7,9-11,13H,2,4,6,8,15H2,1H3,(H,17,18)/t10-,11+,13+/m0/s1. The Bertz CT molecular complexity index is 393. The van der Waals surface area contributed by atoms with E-state index in [2.05, 4.69) is 10.3 Å². The number of pyridine rings is 1. The molecule has 98 valence electrons. The van der Waals surface area contributed by atoms with Gasteiger partial charge in [-0.25, -0.2) is 0 Å². The molecule has 0 aromatic carbocycles. The van der Waals surface area contributed by atoms with Gasteiger partial charge in [-0.2, -0.15) is 0 Å². The summed E-state index contributed by atoms with van der Waals surface area (Å²) in [5.74, 6) is 0.583. The van der Waals surface area contributed by atoms with E-state index in [1.165, 1.54) is 0 Å². The van der Waals surface area contributed by atoms with Crippen molar-refractivity contribution in [1.29, 1.82) is 0 Å². The van der Waals surface area contributed by atoms with Gasteiger partial charge in [0.05, 0.1) is 6.04 Å². The predicted octanol–water partition coefficient (Wildman–Crippen LogP) is 1.63. The Hall–Kier alpha value is -1.42. The lowest BCUT2D eigenvalue weighted by Gasteiger charge is -2.21. The monoisotopic (exact) mass is 247 g/mol. The van der Waals surface area contributed by atoms with Crippen LogP contribution in [-0.2, 0) is 4.79 Å². The largest absolute Gasteiger partial charge is 0.349 e. The molecule has 0 spiro atoms.